The van der Waals surface area contributed by atoms with Gasteiger partial charge in [0.1, 0.15) is 0 Å². The molecule has 112 valence electrons. The van der Waals surface area contributed by atoms with Gasteiger partial charge in [0.2, 0.25) is 5.91 Å². The fraction of sp³-hybridized carbons (Fsp3) is 0.400. The van der Waals surface area contributed by atoms with E-state index in [0.29, 0.717) is 24.3 Å². The number of H-pyrrole nitrogens is 1. The minimum Gasteiger partial charge on any atom is -0.346 e. The Morgan fingerprint density at radius 1 is 1.48 bits per heavy atom. The number of nitrogens with one attached hydrogen (secondary N) is 1. The number of hydrogen-bond acceptors (Lipinski definition) is 3. The number of hydrogen-bond donors (Lipinski definition) is 1. The van der Waals surface area contributed by atoms with Gasteiger partial charge in [-0.05, 0) is 32.1 Å². The van der Waals surface area contributed by atoms with E-state index in [1.54, 1.807) is 11.9 Å². The number of aromatic amines is 1. The number of rotatable bonds is 5. The second kappa shape index (κ2) is 6.67. The van der Waals surface area contributed by atoms with Gasteiger partial charge in [0.05, 0.1) is 0 Å². The normalized spacial score (nSPS) is 10.6. The number of amides is 1. The summed E-state index contributed by atoms with van der Waals surface area (Å²) < 4.78 is 2.42. The zero-order valence-corrected chi connectivity index (χ0v) is 13.4. The van der Waals surface area contributed by atoms with Crippen LogP contribution >= 0.6 is 12.2 Å². The molecule has 0 aliphatic rings. The van der Waals surface area contributed by atoms with E-state index in [0.717, 1.165) is 17.0 Å². The van der Waals surface area contributed by atoms with Crippen LogP contribution in [0.4, 0.5) is 0 Å². The van der Waals surface area contributed by atoms with E-state index in [4.69, 9.17) is 12.2 Å². The molecule has 0 aliphatic heterocycles. The summed E-state index contributed by atoms with van der Waals surface area (Å²) in [5, 5.41) is 7.10. The summed E-state index contributed by atoms with van der Waals surface area (Å²) in [6.45, 7) is 5.23. The molecule has 0 unspecified atom stereocenters. The lowest BCUT2D eigenvalue weighted by Gasteiger charge is -2.15. The van der Waals surface area contributed by atoms with Crippen LogP contribution in [0.2, 0.25) is 0 Å². The third-order valence-electron chi connectivity index (χ3n) is 3.48. The molecule has 0 fully saturated rings. The second-order valence-corrected chi connectivity index (χ2v) is 5.42. The highest BCUT2D eigenvalue weighted by atomic mass is 32.1. The molecule has 0 bridgehead atoms. The first kappa shape index (κ1) is 15.4. The van der Waals surface area contributed by atoms with Crippen LogP contribution in [0.1, 0.15) is 18.9 Å². The molecule has 0 aliphatic carbocycles. The van der Waals surface area contributed by atoms with Crippen molar-refractivity contribution in [1.82, 2.24) is 19.7 Å². The van der Waals surface area contributed by atoms with E-state index in [-0.39, 0.29) is 5.91 Å². The zero-order valence-electron chi connectivity index (χ0n) is 12.6. The maximum Gasteiger partial charge on any atom is 0.224 e. The average molecular weight is 304 g/mol. The fourth-order valence-corrected chi connectivity index (χ4v) is 2.33. The molecule has 2 aromatic rings. The van der Waals surface area contributed by atoms with Crippen LogP contribution in [-0.4, -0.2) is 39.2 Å². The quantitative estimate of drug-likeness (QED) is 0.864. The lowest BCUT2D eigenvalue weighted by atomic mass is 10.1. The summed E-state index contributed by atoms with van der Waals surface area (Å²) >= 11 is 5.27. The van der Waals surface area contributed by atoms with Crippen molar-refractivity contribution >= 4 is 18.1 Å². The lowest BCUT2D eigenvalue weighted by molar-refractivity contribution is -0.129. The van der Waals surface area contributed by atoms with Gasteiger partial charge in [-0.1, -0.05) is 23.8 Å². The summed E-state index contributed by atoms with van der Waals surface area (Å²) in [4.78, 5) is 13.6. The van der Waals surface area contributed by atoms with Crippen LogP contribution in [0.5, 0.6) is 0 Å². The Morgan fingerprint density at radius 2 is 2.24 bits per heavy atom. The summed E-state index contributed by atoms with van der Waals surface area (Å²) in [5.74, 6) is 0.881. The standard InChI is InChI=1S/C15H20N4OS/c1-4-18(3)13(20)8-9-19-14(16-17-15(19)21)12-7-5-6-11(2)10-12/h5-7,10H,4,8-9H2,1-3H3,(H,17,21). The maximum atomic E-state index is 11.9. The van der Waals surface area contributed by atoms with E-state index in [1.165, 1.54) is 0 Å². The molecule has 1 heterocycles. The topological polar surface area (TPSA) is 53.9 Å². The molecule has 6 heteroatoms. The Hall–Kier alpha value is -1.95. The number of benzene rings is 1. The highest BCUT2D eigenvalue weighted by molar-refractivity contribution is 7.71. The Bertz CT molecular complexity index is 689. The van der Waals surface area contributed by atoms with E-state index in [2.05, 4.69) is 16.3 Å². The molecule has 0 saturated heterocycles. The van der Waals surface area contributed by atoms with Crippen molar-refractivity contribution in [2.45, 2.75) is 26.8 Å². The Kier molecular flexibility index (Phi) is 4.90. The monoisotopic (exact) mass is 304 g/mol. The van der Waals surface area contributed by atoms with E-state index in [1.807, 2.05) is 36.6 Å². The second-order valence-electron chi connectivity index (χ2n) is 5.03. The number of carbonyl (C=O) groups is 1. The smallest absolute Gasteiger partial charge is 0.224 e. The van der Waals surface area contributed by atoms with Gasteiger partial charge < -0.3 is 4.90 Å². The van der Waals surface area contributed by atoms with Crippen molar-refractivity contribution in [3.63, 3.8) is 0 Å². The Morgan fingerprint density at radius 3 is 2.90 bits per heavy atom. The van der Waals surface area contributed by atoms with Crippen molar-refractivity contribution in [1.29, 1.82) is 0 Å². The third-order valence-corrected chi connectivity index (χ3v) is 3.80. The molecular weight excluding hydrogens is 284 g/mol. The average Bonchev–Trinajstić information content (AvgIpc) is 2.85. The Labute approximate surface area is 129 Å². The van der Waals surface area contributed by atoms with Gasteiger partial charge in [-0.2, -0.15) is 5.10 Å². The molecule has 1 N–H and O–H groups in total. The summed E-state index contributed by atoms with van der Waals surface area (Å²) in [5.41, 5.74) is 2.16. The maximum absolute atomic E-state index is 11.9. The van der Waals surface area contributed by atoms with Gasteiger partial charge in [0.25, 0.3) is 0 Å². The van der Waals surface area contributed by atoms with Crippen LogP contribution in [0.15, 0.2) is 24.3 Å². The number of aromatic nitrogens is 3. The molecular formula is C15H20N4OS. The van der Waals surface area contributed by atoms with Gasteiger partial charge >= 0.3 is 0 Å². The van der Waals surface area contributed by atoms with Crippen LogP contribution in [-0.2, 0) is 11.3 Å². The van der Waals surface area contributed by atoms with Gasteiger partial charge in [-0.3, -0.25) is 14.5 Å². The van der Waals surface area contributed by atoms with Crippen LogP contribution in [0.3, 0.4) is 0 Å². The lowest BCUT2D eigenvalue weighted by Crippen LogP contribution is -2.27. The number of aryl methyl sites for hydroxylation is 1. The first-order valence-electron chi connectivity index (χ1n) is 6.99. The van der Waals surface area contributed by atoms with Gasteiger partial charge in [-0.25, -0.2) is 0 Å². The number of carbonyl (C=O) groups excluding carboxylic acids is 1. The first-order chi connectivity index (χ1) is 10.0. The van der Waals surface area contributed by atoms with Crippen molar-refractivity contribution in [3.8, 4) is 11.4 Å². The van der Waals surface area contributed by atoms with E-state index < -0.39 is 0 Å². The minimum absolute atomic E-state index is 0.107. The molecule has 5 nitrogen and oxygen atoms in total. The molecule has 1 aromatic carbocycles. The van der Waals surface area contributed by atoms with Crippen LogP contribution in [0, 0.1) is 11.7 Å². The van der Waals surface area contributed by atoms with Crippen molar-refractivity contribution in [2.24, 2.45) is 0 Å². The van der Waals surface area contributed by atoms with Crippen molar-refractivity contribution in [3.05, 3.63) is 34.6 Å². The summed E-state index contributed by atoms with van der Waals surface area (Å²) in [6, 6.07) is 8.08. The minimum atomic E-state index is 0.107. The molecule has 2 rings (SSSR count). The number of nitrogens with zero attached hydrogens (tertiary/aromatic N) is 3. The van der Waals surface area contributed by atoms with Gasteiger partial charge in [0.15, 0.2) is 10.6 Å². The highest BCUT2D eigenvalue weighted by Crippen LogP contribution is 2.18. The third kappa shape index (κ3) is 3.58. The molecule has 0 saturated carbocycles. The first-order valence-corrected chi connectivity index (χ1v) is 7.40. The molecule has 1 amide bonds. The molecule has 1 aromatic heterocycles. The van der Waals surface area contributed by atoms with Crippen LogP contribution in [0.25, 0.3) is 11.4 Å². The van der Waals surface area contributed by atoms with E-state index in [9.17, 15) is 4.79 Å². The predicted molar refractivity (Wildman–Crippen MR) is 85.5 cm³/mol. The summed E-state index contributed by atoms with van der Waals surface area (Å²) in [7, 11) is 1.80. The SMILES string of the molecule is CCN(C)C(=O)CCn1c(-c2cccc(C)c2)n[nH]c1=S. The van der Waals surface area contributed by atoms with Gasteiger partial charge in [0, 0.05) is 32.1 Å². The highest BCUT2D eigenvalue weighted by Gasteiger charge is 2.12. The van der Waals surface area contributed by atoms with Gasteiger partial charge in [-0.15, -0.1) is 0 Å². The van der Waals surface area contributed by atoms with E-state index >= 15 is 0 Å². The van der Waals surface area contributed by atoms with Crippen molar-refractivity contribution in [2.75, 3.05) is 13.6 Å². The molecule has 0 radical (unpaired) electrons. The predicted octanol–water partition coefficient (Wildman–Crippen LogP) is 2.78. The zero-order chi connectivity index (χ0) is 15.4. The molecule has 0 spiro atoms. The van der Waals surface area contributed by atoms with Crippen LogP contribution < -0.4 is 0 Å². The molecule has 21 heavy (non-hydrogen) atoms. The van der Waals surface area contributed by atoms with Crippen molar-refractivity contribution < 1.29 is 4.79 Å². The molecule has 0 atom stereocenters. The fourth-order valence-electron chi connectivity index (χ4n) is 2.10. The summed E-state index contributed by atoms with van der Waals surface area (Å²) in [6.07, 6.45) is 0.414. The Balaban J connectivity index is 2.23. The largest absolute Gasteiger partial charge is 0.346 e.